The molecule has 0 fully saturated rings. The third-order valence-corrected chi connectivity index (χ3v) is 3.39. The smallest absolute Gasteiger partial charge is 0.251 e. The zero-order chi connectivity index (χ0) is 13.3. The van der Waals surface area contributed by atoms with Gasteiger partial charge >= 0.3 is 0 Å². The number of halogens is 3. The Morgan fingerprint density at radius 3 is 2.56 bits per heavy atom. The van der Waals surface area contributed by atoms with Crippen molar-refractivity contribution in [3.8, 4) is 0 Å². The summed E-state index contributed by atoms with van der Waals surface area (Å²) in [6.45, 7) is 3.57. The van der Waals surface area contributed by atoms with Crippen LogP contribution < -0.4 is 5.32 Å². The minimum atomic E-state index is -1.33. The second-order valence-electron chi connectivity index (χ2n) is 3.78. The number of thiazole rings is 1. The van der Waals surface area contributed by atoms with Gasteiger partial charge in [0.25, 0.3) is 5.95 Å². The van der Waals surface area contributed by atoms with Crippen molar-refractivity contribution in [2.75, 3.05) is 5.32 Å². The second-order valence-corrected chi connectivity index (χ2v) is 4.67. The highest BCUT2D eigenvalue weighted by molar-refractivity contribution is 7.09. The number of aryl methyl sites for hydroxylation is 1. The Morgan fingerprint density at radius 2 is 1.94 bits per heavy atom. The van der Waals surface area contributed by atoms with Gasteiger partial charge in [0.1, 0.15) is 5.01 Å². The van der Waals surface area contributed by atoms with E-state index in [0.717, 1.165) is 10.7 Å². The number of hydrogen-bond acceptors (Lipinski definition) is 4. The lowest BCUT2D eigenvalue weighted by Crippen LogP contribution is -2.10. The number of hydrogen-bond donors (Lipinski definition) is 1. The van der Waals surface area contributed by atoms with Crippen LogP contribution in [0.1, 0.15) is 23.7 Å². The SMILES string of the molecule is Cc1csc(C(C)Nc2nc(F)c(F)cc2F)n1. The first-order valence-corrected chi connectivity index (χ1v) is 6.05. The maximum Gasteiger partial charge on any atom is 0.251 e. The molecule has 0 bridgehead atoms. The molecule has 0 aliphatic carbocycles. The molecule has 7 heteroatoms. The third-order valence-electron chi connectivity index (χ3n) is 2.25. The van der Waals surface area contributed by atoms with Crippen molar-refractivity contribution >= 4 is 17.2 Å². The first-order valence-electron chi connectivity index (χ1n) is 5.17. The molecule has 1 N–H and O–H groups in total. The van der Waals surface area contributed by atoms with Gasteiger partial charge in [-0.3, -0.25) is 0 Å². The molecule has 2 rings (SSSR count). The van der Waals surface area contributed by atoms with Gasteiger partial charge in [-0.25, -0.2) is 13.8 Å². The molecule has 2 aromatic heterocycles. The number of nitrogens with one attached hydrogen (secondary N) is 1. The Hall–Kier alpha value is -1.63. The van der Waals surface area contributed by atoms with Crippen molar-refractivity contribution in [2.24, 2.45) is 0 Å². The summed E-state index contributed by atoms with van der Waals surface area (Å²) >= 11 is 1.40. The molecule has 0 aromatic carbocycles. The molecule has 0 amide bonds. The lowest BCUT2D eigenvalue weighted by atomic mass is 10.3. The molecule has 0 spiro atoms. The van der Waals surface area contributed by atoms with Crippen LogP contribution in [-0.4, -0.2) is 9.97 Å². The lowest BCUT2D eigenvalue weighted by molar-refractivity contribution is 0.465. The van der Waals surface area contributed by atoms with E-state index in [1.54, 1.807) is 6.92 Å². The first-order chi connectivity index (χ1) is 8.47. The zero-order valence-electron chi connectivity index (χ0n) is 9.67. The molecule has 2 heterocycles. The maximum atomic E-state index is 13.4. The molecular formula is C11H10F3N3S. The number of pyridine rings is 1. The summed E-state index contributed by atoms with van der Waals surface area (Å²) in [7, 11) is 0. The third kappa shape index (κ3) is 2.61. The van der Waals surface area contributed by atoms with Crippen molar-refractivity contribution in [3.05, 3.63) is 39.7 Å². The van der Waals surface area contributed by atoms with E-state index in [1.807, 2.05) is 12.3 Å². The Morgan fingerprint density at radius 1 is 1.22 bits per heavy atom. The van der Waals surface area contributed by atoms with Crippen LogP contribution in [0.3, 0.4) is 0 Å². The van der Waals surface area contributed by atoms with E-state index in [-0.39, 0.29) is 11.9 Å². The van der Waals surface area contributed by atoms with Gasteiger partial charge in [-0.05, 0) is 13.8 Å². The summed E-state index contributed by atoms with van der Waals surface area (Å²) in [6.07, 6.45) is 0. The molecule has 2 aromatic rings. The van der Waals surface area contributed by atoms with Gasteiger partial charge in [0.05, 0.1) is 6.04 Å². The Balaban J connectivity index is 2.21. The number of nitrogens with zero attached hydrogens (tertiary/aromatic N) is 2. The molecule has 3 nitrogen and oxygen atoms in total. The van der Waals surface area contributed by atoms with Crippen molar-refractivity contribution in [1.29, 1.82) is 0 Å². The fraction of sp³-hybridized carbons (Fsp3) is 0.273. The summed E-state index contributed by atoms with van der Waals surface area (Å²) in [6, 6.07) is 0.125. The Bertz CT molecular complexity index is 571. The topological polar surface area (TPSA) is 37.8 Å². The van der Waals surface area contributed by atoms with E-state index in [2.05, 4.69) is 15.3 Å². The first kappa shape index (κ1) is 12.8. The van der Waals surface area contributed by atoms with Crippen LogP contribution >= 0.6 is 11.3 Å². The van der Waals surface area contributed by atoms with E-state index in [0.29, 0.717) is 6.07 Å². The molecule has 1 unspecified atom stereocenters. The van der Waals surface area contributed by atoms with Crippen LogP contribution in [-0.2, 0) is 0 Å². The predicted octanol–water partition coefficient (Wildman–Crippen LogP) is 3.44. The van der Waals surface area contributed by atoms with E-state index in [9.17, 15) is 13.2 Å². The van der Waals surface area contributed by atoms with E-state index in [1.165, 1.54) is 11.3 Å². The molecular weight excluding hydrogens is 263 g/mol. The molecule has 0 aliphatic heterocycles. The highest BCUT2D eigenvalue weighted by Crippen LogP contribution is 2.23. The minimum absolute atomic E-state index is 0.325. The van der Waals surface area contributed by atoms with Crippen molar-refractivity contribution in [3.63, 3.8) is 0 Å². The fourth-order valence-corrected chi connectivity index (χ4v) is 2.19. The largest absolute Gasteiger partial charge is 0.359 e. The maximum absolute atomic E-state index is 13.4. The van der Waals surface area contributed by atoms with Gasteiger partial charge in [0.15, 0.2) is 17.5 Å². The fourth-order valence-electron chi connectivity index (χ4n) is 1.38. The van der Waals surface area contributed by atoms with Crippen molar-refractivity contribution in [2.45, 2.75) is 19.9 Å². The van der Waals surface area contributed by atoms with Gasteiger partial charge in [0.2, 0.25) is 0 Å². The summed E-state index contributed by atoms with van der Waals surface area (Å²) < 4.78 is 39.0. The van der Waals surface area contributed by atoms with Crippen molar-refractivity contribution in [1.82, 2.24) is 9.97 Å². The molecule has 0 aliphatic rings. The number of rotatable bonds is 3. The standard InChI is InChI=1S/C11H10F3N3S/c1-5-4-18-11(15-5)6(2)16-10-8(13)3-7(12)9(14)17-10/h3-4,6H,1-2H3,(H,16,17). The highest BCUT2D eigenvalue weighted by Gasteiger charge is 2.15. The highest BCUT2D eigenvalue weighted by atomic mass is 32.1. The molecule has 0 saturated carbocycles. The molecule has 18 heavy (non-hydrogen) atoms. The van der Waals surface area contributed by atoms with Gasteiger partial charge in [0, 0.05) is 17.1 Å². The molecule has 1 atom stereocenters. The quantitative estimate of drug-likeness (QED) is 0.870. The Labute approximate surface area is 106 Å². The Kier molecular flexibility index (Phi) is 3.51. The average molecular weight is 273 g/mol. The van der Waals surface area contributed by atoms with Gasteiger partial charge < -0.3 is 5.32 Å². The normalized spacial score (nSPS) is 12.5. The predicted molar refractivity (Wildman–Crippen MR) is 63.0 cm³/mol. The van der Waals surface area contributed by atoms with Crippen molar-refractivity contribution < 1.29 is 13.2 Å². The lowest BCUT2D eigenvalue weighted by Gasteiger charge is -2.12. The summed E-state index contributed by atoms with van der Waals surface area (Å²) in [5.41, 5.74) is 0.849. The van der Waals surface area contributed by atoms with E-state index >= 15 is 0 Å². The average Bonchev–Trinajstić information content (AvgIpc) is 2.73. The van der Waals surface area contributed by atoms with E-state index in [4.69, 9.17) is 0 Å². The van der Waals surface area contributed by atoms with Crippen LogP contribution in [0.5, 0.6) is 0 Å². The van der Waals surface area contributed by atoms with Gasteiger partial charge in [-0.2, -0.15) is 9.37 Å². The number of aromatic nitrogens is 2. The van der Waals surface area contributed by atoms with Crippen LogP contribution in [0.4, 0.5) is 19.0 Å². The van der Waals surface area contributed by atoms with Gasteiger partial charge in [-0.15, -0.1) is 11.3 Å². The minimum Gasteiger partial charge on any atom is -0.359 e. The van der Waals surface area contributed by atoms with Crippen LogP contribution in [0.2, 0.25) is 0 Å². The molecule has 0 radical (unpaired) electrons. The summed E-state index contributed by atoms with van der Waals surface area (Å²) in [4.78, 5) is 7.41. The summed E-state index contributed by atoms with van der Waals surface area (Å²) in [5, 5.41) is 5.23. The van der Waals surface area contributed by atoms with Crippen LogP contribution in [0.25, 0.3) is 0 Å². The van der Waals surface area contributed by atoms with Crippen LogP contribution in [0, 0.1) is 24.5 Å². The zero-order valence-corrected chi connectivity index (χ0v) is 10.5. The summed E-state index contributed by atoms with van der Waals surface area (Å²) in [5.74, 6) is -3.90. The second kappa shape index (κ2) is 4.93. The molecule has 0 saturated heterocycles. The van der Waals surface area contributed by atoms with E-state index < -0.39 is 17.6 Å². The monoisotopic (exact) mass is 273 g/mol. The molecule has 96 valence electrons. The van der Waals surface area contributed by atoms with Gasteiger partial charge in [-0.1, -0.05) is 0 Å². The van der Waals surface area contributed by atoms with Crippen LogP contribution in [0.15, 0.2) is 11.4 Å². The number of anilines is 1.